The second-order valence-electron chi connectivity index (χ2n) is 8.38. The number of ether oxygens (including phenoxy) is 2. The first-order chi connectivity index (χ1) is 17.0. The zero-order valence-electron chi connectivity index (χ0n) is 20.2. The van der Waals surface area contributed by atoms with Gasteiger partial charge in [-0.2, -0.15) is 0 Å². The van der Waals surface area contributed by atoms with Crippen LogP contribution in [0.1, 0.15) is 5.56 Å². The molecule has 1 aromatic heterocycles. The minimum atomic E-state index is -0.369. The SMILES string of the molecule is COc1ccc(NC(=O)N(Cc2ccc(N3CCN(C)CC3)nc2)c2ccc(F)cc2)cc1OC. The first-order valence-corrected chi connectivity index (χ1v) is 11.4. The molecule has 3 aromatic rings. The van der Waals surface area contributed by atoms with Crippen molar-refractivity contribution in [2.45, 2.75) is 6.54 Å². The molecule has 0 bridgehead atoms. The average molecular weight is 480 g/mol. The number of hydrogen-bond donors (Lipinski definition) is 1. The molecule has 0 radical (unpaired) electrons. The highest BCUT2D eigenvalue weighted by Gasteiger charge is 2.19. The van der Waals surface area contributed by atoms with E-state index in [9.17, 15) is 9.18 Å². The number of halogens is 1. The molecule has 184 valence electrons. The first kappa shape index (κ1) is 24.3. The van der Waals surface area contributed by atoms with E-state index in [0.717, 1.165) is 37.6 Å². The van der Waals surface area contributed by atoms with Crippen LogP contribution in [0, 0.1) is 5.82 Å². The third-order valence-electron chi connectivity index (χ3n) is 6.00. The number of amides is 2. The number of hydrogen-bond acceptors (Lipinski definition) is 6. The summed E-state index contributed by atoms with van der Waals surface area (Å²) >= 11 is 0. The predicted molar refractivity (Wildman–Crippen MR) is 135 cm³/mol. The van der Waals surface area contributed by atoms with Gasteiger partial charge in [0.05, 0.1) is 20.8 Å². The predicted octanol–water partition coefficient (Wildman–Crippen LogP) is 4.23. The van der Waals surface area contributed by atoms with Gasteiger partial charge in [-0.3, -0.25) is 4.90 Å². The summed E-state index contributed by atoms with van der Waals surface area (Å²) in [6.45, 7) is 4.12. The van der Waals surface area contributed by atoms with Crippen molar-refractivity contribution in [1.82, 2.24) is 9.88 Å². The number of methoxy groups -OCH3 is 2. The van der Waals surface area contributed by atoms with Crippen LogP contribution in [0.15, 0.2) is 60.8 Å². The van der Waals surface area contributed by atoms with Crippen LogP contribution in [0.4, 0.5) is 26.4 Å². The number of nitrogens with zero attached hydrogens (tertiary/aromatic N) is 4. The van der Waals surface area contributed by atoms with Crippen LogP contribution in [0.25, 0.3) is 0 Å². The zero-order chi connectivity index (χ0) is 24.8. The Bertz CT molecular complexity index is 1130. The van der Waals surface area contributed by atoms with Crippen LogP contribution in [0.3, 0.4) is 0 Å². The van der Waals surface area contributed by atoms with Crippen molar-refractivity contribution >= 4 is 23.2 Å². The molecule has 2 aromatic carbocycles. The van der Waals surface area contributed by atoms with Crippen LogP contribution < -0.4 is 24.6 Å². The van der Waals surface area contributed by atoms with E-state index in [2.05, 4.69) is 27.1 Å². The third kappa shape index (κ3) is 5.99. The van der Waals surface area contributed by atoms with Crippen molar-refractivity contribution in [2.24, 2.45) is 0 Å². The number of anilines is 3. The number of likely N-dealkylation sites (N-methyl/N-ethyl adjacent to an activating group) is 1. The summed E-state index contributed by atoms with van der Waals surface area (Å²) in [4.78, 5) is 24.0. The molecule has 0 unspecified atom stereocenters. The van der Waals surface area contributed by atoms with Gasteiger partial charge < -0.3 is 24.6 Å². The van der Waals surface area contributed by atoms with Gasteiger partial charge >= 0.3 is 6.03 Å². The van der Waals surface area contributed by atoms with E-state index >= 15 is 0 Å². The summed E-state index contributed by atoms with van der Waals surface area (Å²) in [5, 5.41) is 2.89. The summed E-state index contributed by atoms with van der Waals surface area (Å²) < 4.78 is 24.2. The van der Waals surface area contributed by atoms with Crippen molar-refractivity contribution < 1.29 is 18.7 Å². The number of pyridine rings is 1. The van der Waals surface area contributed by atoms with E-state index in [1.165, 1.54) is 19.2 Å². The van der Waals surface area contributed by atoms with Crippen molar-refractivity contribution in [2.75, 3.05) is 62.6 Å². The zero-order valence-corrected chi connectivity index (χ0v) is 20.2. The van der Waals surface area contributed by atoms with E-state index in [4.69, 9.17) is 9.47 Å². The van der Waals surface area contributed by atoms with Crippen LogP contribution in [-0.2, 0) is 6.54 Å². The maximum Gasteiger partial charge on any atom is 0.326 e. The Morgan fingerprint density at radius 1 is 1.00 bits per heavy atom. The Morgan fingerprint density at radius 2 is 1.71 bits per heavy atom. The minimum absolute atomic E-state index is 0.265. The Labute approximate surface area is 204 Å². The molecule has 8 nitrogen and oxygen atoms in total. The Hall–Kier alpha value is -3.85. The molecular weight excluding hydrogens is 449 g/mol. The summed E-state index contributed by atoms with van der Waals surface area (Å²) in [5.74, 6) is 1.62. The van der Waals surface area contributed by atoms with Crippen molar-refractivity contribution in [3.63, 3.8) is 0 Å². The standard InChI is InChI=1S/C26H30FN5O3/c1-30-12-14-31(15-13-30)25-11-4-19(17-28-25)18-32(22-8-5-20(27)6-9-22)26(33)29-21-7-10-23(34-2)24(16-21)35-3/h4-11,16-17H,12-15,18H2,1-3H3,(H,29,33). The minimum Gasteiger partial charge on any atom is -0.493 e. The van der Waals surface area contributed by atoms with E-state index in [1.807, 2.05) is 12.1 Å². The average Bonchev–Trinajstić information content (AvgIpc) is 2.88. The first-order valence-electron chi connectivity index (χ1n) is 11.4. The number of urea groups is 1. The molecule has 0 saturated carbocycles. The summed E-state index contributed by atoms with van der Waals surface area (Å²) in [7, 11) is 5.20. The lowest BCUT2D eigenvalue weighted by Crippen LogP contribution is -2.44. The van der Waals surface area contributed by atoms with Crippen LogP contribution in [0.2, 0.25) is 0 Å². The Balaban J connectivity index is 1.53. The number of carbonyl (C=O) groups excluding carboxylic acids is 1. The smallest absolute Gasteiger partial charge is 0.326 e. The number of benzene rings is 2. The van der Waals surface area contributed by atoms with Gasteiger partial charge in [0.15, 0.2) is 11.5 Å². The second kappa shape index (κ2) is 11.1. The van der Waals surface area contributed by atoms with Gasteiger partial charge in [0.1, 0.15) is 11.6 Å². The topological polar surface area (TPSA) is 70.2 Å². The fourth-order valence-electron chi connectivity index (χ4n) is 3.92. The van der Waals surface area contributed by atoms with Gasteiger partial charge in [0, 0.05) is 49.8 Å². The van der Waals surface area contributed by atoms with Gasteiger partial charge in [0.25, 0.3) is 0 Å². The van der Waals surface area contributed by atoms with E-state index in [-0.39, 0.29) is 18.4 Å². The van der Waals surface area contributed by atoms with E-state index < -0.39 is 0 Å². The number of piperazine rings is 1. The Kier molecular flexibility index (Phi) is 7.67. The molecule has 1 aliphatic rings. The fourth-order valence-corrected chi connectivity index (χ4v) is 3.92. The highest BCUT2D eigenvalue weighted by molar-refractivity contribution is 6.01. The molecule has 1 saturated heterocycles. The number of aromatic nitrogens is 1. The molecule has 9 heteroatoms. The summed E-state index contributed by atoms with van der Waals surface area (Å²) in [5.41, 5.74) is 1.96. The highest BCUT2D eigenvalue weighted by atomic mass is 19.1. The molecule has 35 heavy (non-hydrogen) atoms. The number of carbonyl (C=O) groups is 1. The van der Waals surface area contributed by atoms with Gasteiger partial charge in [-0.1, -0.05) is 6.07 Å². The quantitative estimate of drug-likeness (QED) is 0.547. The summed E-state index contributed by atoms with van der Waals surface area (Å²) in [6, 6.07) is 14.5. The lowest BCUT2D eigenvalue weighted by Gasteiger charge is -2.33. The second-order valence-corrected chi connectivity index (χ2v) is 8.38. The van der Waals surface area contributed by atoms with Gasteiger partial charge in [-0.15, -0.1) is 0 Å². The molecule has 2 heterocycles. The van der Waals surface area contributed by atoms with Gasteiger partial charge in [-0.05, 0) is 55.1 Å². The molecule has 4 rings (SSSR count). The largest absolute Gasteiger partial charge is 0.493 e. The molecule has 0 atom stereocenters. The molecule has 2 amide bonds. The van der Waals surface area contributed by atoms with Crippen molar-refractivity contribution in [3.05, 3.63) is 72.2 Å². The molecule has 1 fully saturated rings. The molecule has 0 spiro atoms. The van der Waals surface area contributed by atoms with Crippen LogP contribution in [-0.4, -0.2) is 63.4 Å². The molecular formula is C26H30FN5O3. The van der Waals surface area contributed by atoms with Crippen molar-refractivity contribution in [3.8, 4) is 11.5 Å². The number of rotatable bonds is 7. The summed E-state index contributed by atoms with van der Waals surface area (Å²) in [6.07, 6.45) is 1.79. The maximum absolute atomic E-state index is 13.6. The van der Waals surface area contributed by atoms with E-state index in [1.54, 1.807) is 48.5 Å². The van der Waals surface area contributed by atoms with Crippen LogP contribution >= 0.6 is 0 Å². The Morgan fingerprint density at radius 3 is 2.34 bits per heavy atom. The number of nitrogens with one attached hydrogen (secondary N) is 1. The lowest BCUT2D eigenvalue weighted by molar-refractivity contribution is 0.256. The monoisotopic (exact) mass is 479 g/mol. The normalized spacial score (nSPS) is 13.9. The van der Waals surface area contributed by atoms with Crippen LogP contribution in [0.5, 0.6) is 11.5 Å². The van der Waals surface area contributed by atoms with Gasteiger partial charge in [-0.25, -0.2) is 14.2 Å². The third-order valence-corrected chi connectivity index (χ3v) is 6.00. The molecule has 0 aliphatic carbocycles. The van der Waals surface area contributed by atoms with Gasteiger partial charge in [0.2, 0.25) is 0 Å². The molecule has 1 aliphatic heterocycles. The maximum atomic E-state index is 13.6. The van der Waals surface area contributed by atoms with Crippen molar-refractivity contribution in [1.29, 1.82) is 0 Å². The molecule has 1 N–H and O–H groups in total. The fraction of sp³-hybridized carbons (Fsp3) is 0.308. The highest BCUT2D eigenvalue weighted by Crippen LogP contribution is 2.30. The lowest BCUT2D eigenvalue weighted by atomic mass is 10.2. The van der Waals surface area contributed by atoms with E-state index in [0.29, 0.717) is 22.9 Å².